The molecule has 1 saturated heterocycles. The van der Waals surface area contributed by atoms with Gasteiger partial charge in [0.2, 0.25) is 0 Å². The molecule has 220 valence electrons. The monoisotopic (exact) mass is 519 g/mol. The molecule has 0 aromatic heterocycles. The van der Waals surface area contributed by atoms with E-state index in [1.165, 1.54) is 174 Å². The zero-order chi connectivity index (χ0) is 26.6. The molecule has 2 heteroatoms. The first kappa shape index (κ1) is 33.1. The molecule has 37 heavy (non-hydrogen) atoms. The summed E-state index contributed by atoms with van der Waals surface area (Å²) in [5.41, 5.74) is 0.702. The Morgan fingerprint density at radius 3 is 1.68 bits per heavy atom. The van der Waals surface area contributed by atoms with E-state index >= 15 is 0 Å². The molecule has 1 saturated carbocycles. The summed E-state index contributed by atoms with van der Waals surface area (Å²) in [7, 11) is 0. The van der Waals surface area contributed by atoms with Crippen LogP contribution in [-0.4, -0.2) is 37.1 Å². The van der Waals surface area contributed by atoms with E-state index in [2.05, 4.69) is 37.9 Å². The highest BCUT2D eigenvalue weighted by Crippen LogP contribution is 2.46. The molecule has 1 atom stereocenters. The minimum Gasteiger partial charge on any atom is -0.314 e. The SMILES string of the molecule is CCCCCCCC(CCCCCCC)NCC1CCC2(CC1)CN(CC(CCCC)CCCCC)C2. The van der Waals surface area contributed by atoms with Gasteiger partial charge in [0.1, 0.15) is 0 Å². The highest BCUT2D eigenvalue weighted by Gasteiger charge is 2.45. The number of hydrogen-bond acceptors (Lipinski definition) is 2. The Morgan fingerprint density at radius 1 is 0.622 bits per heavy atom. The Morgan fingerprint density at radius 2 is 1.11 bits per heavy atom. The molecule has 1 aliphatic carbocycles. The van der Waals surface area contributed by atoms with Gasteiger partial charge in [0.05, 0.1) is 0 Å². The van der Waals surface area contributed by atoms with Crippen molar-refractivity contribution in [3.05, 3.63) is 0 Å². The standard InChI is InChI=1S/C35H70N2/c1-5-9-13-15-18-22-34(23-19-16-14-10-6-2)36-28-32-24-26-35(27-25-32)30-37(31-35)29-33(20-12-8-4)21-17-11-7-3/h32-34,36H,5-31H2,1-4H3. The van der Waals surface area contributed by atoms with Crippen molar-refractivity contribution in [1.29, 1.82) is 0 Å². The zero-order valence-electron chi connectivity index (χ0n) is 26.3. The molecule has 1 aliphatic heterocycles. The fourth-order valence-electron chi connectivity index (χ4n) is 7.38. The van der Waals surface area contributed by atoms with Gasteiger partial charge in [-0.15, -0.1) is 0 Å². The van der Waals surface area contributed by atoms with Crippen molar-refractivity contribution in [3.8, 4) is 0 Å². The maximum atomic E-state index is 4.10. The average molecular weight is 519 g/mol. The Labute approximate surface area is 234 Å². The van der Waals surface area contributed by atoms with Crippen LogP contribution < -0.4 is 5.32 Å². The largest absolute Gasteiger partial charge is 0.314 e. The molecule has 1 N–H and O–H groups in total. The van der Waals surface area contributed by atoms with Crippen LogP contribution in [0.3, 0.4) is 0 Å². The third kappa shape index (κ3) is 14.2. The minimum atomic E-state index is 0.702. The van der Waals surface area contributed by atoms with Crippen LogP contribution in [0.1, 0.15) is 175 Å². The third-order valence-electron chi connectivity index (χ3n) is 9.99. The van der Waals surface area contributed by atoms with Gasteiger partial charge in [-0.1, -0.05) is 124 Å². The van der Waals surface area contributed by atoms with Gasteiger partial charge in [-0.3, -0.25) is 0 Å². The first-order valence-corrected chi connectivity index (χ1v) is 17.6. The van der Waals surface area contributed by atoms with Crippen molar-refractivity contribution in [2.45, 2.75) is 181 Å². The lowest BCUT2D eigenvalue weighted by molar-refractivity contribution is -0.0469. The first-order chi connectivity index (χ1) is 18.1. The number of nitrogens with one attached hydrogen (secondary N) is 1. The third-order valence-corrected chi connectivity index (χ3v) is 9.99. The fraction of sp³-hybridized carbons (Fsp3) is 1.00. The lowest BCUT2D eigenvalue weighted by Gasteiger charge is -2.54. The van der Waals surface area contributed by atoms with E-state index in [0.717, 1.165) is 17.9 Å². The van der Waals surface area contributed by atoms with Crippen molar-refractivity contribution < 1.29 is 0 Å². The van der Waals surface area contributed by atoms with Crippen LogP contribution in [0.2, 0.25) is 0 Å². The van der Waals surface area contributed by atoms with E-state index in [-0.39, 0.29) is 0 Å². The number of hydrogen-bond donors (Lipinski definition) is 1. The van der Waals surface area contributed by atoms with Crippen LogP contribution in [0, 0.1) is 17.3 Å². The van der Waals surface area contributed by atoms with E-state index in [1.807, 2.05) is 0 Å². The number of likely N-dealkylation sites (tertiary alicyclic amines) is 1. The molecular formula is C35H70N2. The summed E-state index contributed by atoms with van der Waals surface area (Å²) in [6.07, 6.45) is 33.0. The molecule has 0 aromatic carbocycles. The molecule has 1 spiro atoms. The van der Waals surface area contributed by atoms with Crippen molar-refractivity contribution in [1.82, 2.24) is 10.2 Å². The lowest BCUT2D eigenvalue weighted by Crippen LogP contribution is -2.58. The fourth-order valence-corrected chi connectivity index (χ4v) is 7.38. The van der Waals surface area contributed by atoms with Gasteiger partial charge in [-0.25, -0.2) is 0 Å². The van der Waals surface area contributed by atoms with E-state index in [1.54, 1.807) is 0 Å². The molecule has 1 unspecified atom stereocenters. The number of nitrogens with zero attached hydrogens (tertiary/aromatic N) is 1. The van der Waals surface area contributed by atoms with Gasteiger partial charge in [0.15, 0.2) is 0 Å². The molecule has 0 aromatic rings. The summed E-state index contributed by atoms with van der Waals surface area (Å²) in [4.78, 5) is 2.85. The van der Waals surface area contributed by atoms with Crippen LogP contribution in [-0.2, 0) is 0 Å². The maximum absolute atomic E-state index is 4.10. The summed E-state index contributed by atoms with van der Waals surface area (Å²) in [5.74, 6) is 1.90. The van der Waals surface area contributed by atoms with Gasteiger partial charge in [-0.2, -0.15) is 0 Å². The van der Waals surface area contributed by atoms with Crippen molar-refractivity contribution in [2.24, 2.45) is 17.3 Å². The Hall–Kier alpha value is -0.0800. The Bertz CT molecular complexity index is 487. The van der Waals surface area contributed by atoms with Gasteiger partial charge in [0, 0.05) is 25.7 Å². The predicted octanol–water partition coefficient (Wildman–Crippen LogP) is 10.5. The second kappa shape index (κ2) is 20.8. The maximum Gasteiger partial charge on any atom is 0.00671 e. The summed E-state index contributed by atoms with van der Waals surface area (Å²) >= 11 is 0. The zero-order valence-corrected chi connectivity index (χ0v) is 26.3. The summed E-state index contributed by atoms with van der Waals surface area (Å²) in [6, 6.07) is 0.783. The topological polar surface area (TPSA) is 15.3 Å². The van der Waals surface area contributed by atoms with E-state index < -0.39 is 0 Å². The minimum absolute atomic E-state index is 0.702. The molecule has 2 rings (SSSR count). The second-order valence-corrected chi connectivity index (χ2v) is 13.6. The highest BCUT2D eigenvalue weighted by atomic mass is 15.2. The molecular weight excluding hydrogens is 448 g/mol. The predicted molar refractivity (Wildman–Crippen MR) is 167 cm³/mol. The van der Waals surface area contributed by atoms with Crippen LogP contribution in [0.5, 0.6) is 0 Å². The first-order valence-electron chi connectivity index (χ1n) is 17.6. The number of unbranched alkanes of at least 4 members (excludes halogenated alkanes) is 11. The molecule has 0 amide bonds. The van der Waals surface area contributed by atoms with E-state index in [9.17, 15) is 0 Å². The van der Waals surface area contributed by atoms with Gasteiger partial charge in [-0.05, 0) is 75.2 Å². The average Bonchev–Trinajstić information content (AvgIpc) is 2.89. The molecule has 2 aliphatic rings. The van der Waals surface area contributed by atoms with Crippen molar-refractivity contribution >= 4 is 0 Å². The van der Waals surface area contributed by atoms with Gasteiger partial charge >= 0.3 is 0 Å². The van der Waals surface area contributed by atoms with Gasteiger partial charge in [0.25, 0.3) is 0 Å². The summed E-state index contributed by atoms with van der Waals surface area (Å²) < 4.78 is 0. The smallest absolute Gasteiger partial charge is 0.00671 e. The van der Waals surface area contributed by atoms with Crippen molar-refractivity contribution in [2.75, 3.05) is 26.2 Å². The quantitative estimate of drug-likeness (QED) is 0.128. The molecule has 0 bridgehead atoms. The normalized spacial score (nSPS) is 19.1. The molecule has 1 heterocycles. The van der Waals surface area contributed by atoms with Crippen LogP contribution in [0.4, 0.5) is 0 Å². The van der Waals surface area contributed by atoms with Crippen molar-refractivity contribution in [3.63, 3.8) is 0 Å². The second-order valence-electron chi connectivity index (χ2n) is 13.6. The molecule has 0 radical (unpaired) electrons. The lowest BCUT2D eigenvalue weighted by atomic mass is 9.65. The Kier molecular flexibility index (Phi) is 18.6. The van der Waals surface area contributed by atoms with E-state index in [0.29, 0.717) is 5.41 Å². The highest BCUT2D eigenvalue weighted by molar-refractivity contribution is 4.98. The Balaban J connectivity index is 1.66. The van der Waals surface area contributed by atoms with Crippen LogP contribution in [0.15, 0.2) is 0 Å². The van der Waals surface area contributed by atoms with Gasteiger partial charge < -0.3 is 10.2 Å². The van der Waals surface area contributed by atoms with Crippen LogP contribution in [0.25, 0.3) is 0 Å². The number of rotatable bonds is 24. The molecule has 2 nitrogen and oxygen atoms in total. The van der Waals surface area contributed by atoms with E-state index in [4.69, 9.17) is 0 Å². The summed E-state index contributed by atoms with van der Waals surface area (Å²) in [6.45, 7) is 14.9. The summed E-state index contributed by atoms with van der Waals surface area (Å²) in [5, 5.41) is 4.10. The molecule has 2 fully saturated rings. The van der Waals surface area contributed by atoms with Crippen LogP contribution >= 0.6 is 0 Å².